The number of nitrogens with one attached hydrogen (secondary N) is 2. The molecule has 4 N–H and O–H groups in total. The van der Waals surface area contributed by atoms with Gasteiger partial charge in [-0.1, -0.05) is 11.6 Å². The van der Waals surface area contributed by atoms with Crippen molar-refractivity contribution < 1.29 is 18.7 Å². The number of hydrogen-bond donors (Lipinski definition) is 3. The topological polar surface area (TPSA) is 111 Å². The summed E-state index contributed by atoms with van der Waals surface area (Å²) in [4.78, 5) is 20.2. The van der Waals surface area contributed by atoms with E-state index in [1.54, 1.807) is 19.2 Å². The first-order chi connectivity index (χ1) is 16.0. The summed E-state index contributed by atoms with van der Waals surface area (Å²) in [6.07, 6.45) is 4.63. The van der Waals surface area contributed by atoms with Crippen LogP contribution in [0.1, 0.15) is 25.7 Å². The van der Waals surface area contributed by atoms with Crippen LogP contribution in [0.2, 0.25) is 5.02 Å². The Kier molecular flexibility index (Phi) is 7.10. The van der Waals surface area contributed by atoms with E-state index in [-0.39, 0.29) is 29.6 Å². The zero-order valence-electron chi connectivity index (χ0n) is 18.1. The van der Waals surface area contributed by atoms with Gasteiger partial charge in [0.15, 0.2) is 11.5 Å². The molecule has 0 radical (unpaired) electrons. The third kappa shape index (κ3) is 5.43. The molecule has 0 saturated heterocycles. The van der Waals surface area contributed by atoms with Crippen LogP contribution < -0.4 is 25.8 Å². The number of carbonyl (C=O) groups excluding carboxylic acids is 1. The third-order valence-electron chi connectivity index (χ3n) is 5.62. The van der Waals surface area contributed by atoms with E-state index in [0.717, 1.165) is 31.1 Å². The SMILES string of the molecule is COc1cc2ncnc(Nc3ccc(F)c(Cl)c3)c2cc1OC1CCC(NC(=O)CN)CC1. The molecule has 1 amide bonds. The van der Waals surface area contributed by atoms with Gasteiger partial charge < -0.3 is 25.8 Å². The maximum absolute atomic E-state index is 13.5. The van der Waals surface area contributed by atoms with Crippen LogP contribution in [0, 0.1) is 5.82 Å². The van der Waals surface area contributed by atoms with Crippen molar-refractivity contribution in [2.45, 2.75) is 37.8 Å². The van der Waals surface area contributed by atoms with Gasteiger partial charge in [-0.3, -0.25) is 4.79 Å². The van der Waals surface area contributed by atoms with Gasteiger partial charge in [-0.25, -0.2) is 14.4 Å². The fourth-order valence-corrected chi connectivity index (χ4v) is 4.10. The summed E-state index contributed by atoms with van der Waals surface area (Å²) in [6.45, 7) is -0.00666. The lowest BCUT2D eigenvalue weighted by Crippen LogP contribution is -2.42. The number of halogens is 2. The number of rotatable bonds is 7. The number of aromatic nitrogens is 2. The molecule has 0 atom stereocenters. The Hall–Kier alpha value is -3.17. The maximum Gasteiger partial charge on any atom is 0.233 e. The van der Waals surface area contributed by atoms with Crippen molar-refractivity contribution in [3.8, 4) is 11.5 Å². The van der Waals surface area contributed by atoms with Gasteiger partial charge in [0.2, 0.25) is 5.91 Å². The molecule has 1 aromatic heterocycles. The van der Waals surface area contributed by atoms with Gasteiger partial charge >= 0.3 is 0 Å². The Morgan fingerprint density at radius 1 is 1.18 bits per heavy atom. The minimum Gasteiger partial charge on any atom is -0.493 e. The average molecular weight is 474 g/mol. The van der Waals surface area contributed by atoms with Crippen molar-refractivity contribution in [3.05, 3.63) is 47.5 Å². The summed E-state index contributed by atoms with van der Waals surface area (Å²) in [6, 6.07) is 8.11. The van der Waals surface area contributed by atoms with Crippen LogP contribution in [0.5, 0.6) is 11.5 Å². The summed E-state index contributed by atoms with van der Waals surface area (Å²) < 4.78 is 25.3. The molecule has 0 unspecified atom stereocenters. The van der Waals surface area contributed by atoms with Gasteiger partial charge in [0, 0.05) is 23.2 Å². The van der Waals surface area contributed by atoms with E-state index in [0.29, 0.717) is 28.5 Å². The van der Waals surface area contributed by atoms with Crippen molar-refractivity contribution in [2.75, 3.05) is 19.0 Å². The predicted molar refractivity (Wildman–Crippen MR) is 125 cm³/mol. The van der Waals surface area contributed by atoms with E-state index in [9.17, 15) is 9.18 Å². The molecule has 174 valence electrons. The highest BCUT2D eigenvalue weighted by Gasteiger charge is 2.24. The second kappa shape index (κ2) is 10.2. The molecule has 33 heavy (non-hydrogen) atoms. The number of methoxy groups -OCH3 is 1. The molecule has 1 aliphatic rings. The van der Waals surface area contributed by atoms with E-state index in [2.05, 4.69) is 20.6 Å². The highest BCUT2D eigenvalue weighted by molar-refractivity contribution is 6.31. The fourth-order valence-electron chi connectivity index (χ4n) is 3.92. The van der Waals surface area contributed by atoms with Gasteiger partial charge in [0.25, 0.3) is 0 Å². The largest absolute Gasteiger partial charge is 0.493 e. The summed E-state index contributed by atoms with van der Waals surface area (Å²) in [5.74, 6) is 1.04. The van der Waals surface area contributed by atoms with Crippen molar-refractivity contribution >= 4 is 39.9 Å². The molecule has 2 aromatic carbocycles. The molecule has 0 bridgehead atoms. The van der Waals surface area contributed by atoms with Gasteiger partial charge in [-0.15, -0.1) is 0 Å². The number of ether oxygens (including phenoxy) is 2. The zero-order chi connectivity index (χ0) is 23.4. The number of amides is 1. The lowest BCUT2D eigenvalue weighted by Gasteiger charge is -2.30. The van der Waals surface area contributed by atoms with Gasteiger partial charge in [0.1, 0.15) is 18.0 Å². The smallest absolute Gasteiger partial charge is 0.233 e. The van der Waals surface area contributed by atoms with Crippen molar-refractivity contribution in [2.24, 2.45) is 5.73 Å². The minimum absolute atomic E-state index is 0.00666. The lowest BCUT2D eigenvalue weighted by atomic mass is 9.93. The van der Waals surface area contributed by atoms with Crippen LogP contribution >= 0.6 is 11.6 Å². The molecular weight excluding hydrogens is 449 g/mol. The molecule has 1 fully saturated rings. The van der Waals surface area contributed by atoms with Crippen LogP contribution in [0.25, 0.3) is 10.9 Å². The van der Waals surface area contributed by atoms with Crippen LogP contribution in [-0.2, 0) is 4.79 Å². The molecular formula is C23H25ClFN5O3. The van der Waals surface area contributed by atoms with Crippen molar-refractivity contribution in [3.63, 3.8) is 0 Å². The number of nitrogens with two attached hydrogens (primary N) is 1. The third-order valence-corrected chi connectivity index (χ3v) is 5.91. The molecule has 4 rings (SSSR count). The Balaban J connectivity index is 1.55. The summed E-state index contributed by atoms with van der Waals surface area (Å²) in [5, 5.41) is 6.84. The first-order valence-electron chi connectivity index (χ1n) is 10.7. The van der Waals surface area contributed by atoms with Crippen LogP contribution in [0.3, 0.4) is 0 Å². The molecule has 10 heteroatoms. The normalized spacial score (nSPS) is 18.1. The number of nitrogens with zero attached hydrogens (tertiary/aromatic N) is 2. The number of hydrogen-bond acceptors (Lipinski definition) is 7. The monoisotopic (exact) mass is 473 g/mol. The van der Waals surface area contributed by atoms with E-state index in [4.69, 9.17) is 26.8 Å². The maximum atomic E-state index is 13.5. The fraction of sp³-hybridized carbons (Fsp3) is 0.348. The van der Waals surface area contributed by atoms with Gasteiger partial charge in [-0.05, 0) is 49.9 Å². The molecule has 0 spiro atoms. The van der Waals surface area contributed by atoms with Crippen molar-refractivity contribution in [1.82, 2.24) is 15.3 Å². The predicted octanol–water partition coefficient (Wildman–Crippen LogP) is 3.94. The van der Waals surface area contributed by atoms with Crippen LogP contribution in [0.15, 0.2) is 36.7 Å². The Labute approximate surface area is 195 Å². The highest BCUT2D eigenvalue weighted by Crippen LogP contribution is 2.37. The standard InChI is InChI=1S/C23H25ClFN5O3/c1-32-20-10-19-16(23(28-12-27-19)30-14-4-7-18(25)17(24)8-14)9-21(20)33-15-5-2-13(3-6-15)29-22(31)11-26/h4,7-10,12-13,15H,2-3,5-6,11,26H2,1H3,(H,29,31)(H,27,28,30). The van der Waals surface area contributed by atoms with E-state index in [1.807, 2.05) is 6.07 Å². The zero-order valence-corrected chi connectivity index (χ0v) is 18.9. The first-order valence-corrected chi connectivity index (χ1v) is 11.1. The summed E-state index contributed by atoms with van der Waals surface area (Å²) in [5.41, 5.74) is 6.64. The lowest BCUT2D eigenvalue weighted by molar-refractivity contribution is -0.120. The second-order valence-corrected chi connectivity index (χ2v) is 8.27. The van der Waals surface area contributed by atoms with E-state index < -0.39 is 5.82 Å². The summed E-state index contributed by atoms with van der Waals surface area (Å²) >= 11 is 5.90. The number of anilines is 2. The Bertz CT molecular complexity index is 1150. The van der Waals surface area contributed by atoms with Gasteiger partial charge in [-0.2, -0.15) is 0 Å². The average Bonchev–Trinajstić information content (AvgIpc) is 2.82. The minimum atomic E-state index is -0.493. The molecule has 1 heterocycles. The molecule has 0 aliphatic heterocycles. The van der Waals surface area contributed by atoms with Crippen molar-refractivity contribution in [1.29, 1.82) is 0 Å². The van der Waals surface area contributed by atoms with Gasteiger partial charge in [0.05, 0.1) is 30.3 Å². The summed E-state index contributed by atoms with van der Waals surface area (Å²) in [7, 11) is 1.58. The van der Waals surface area contributed by atoms with Crippen LogP contribution in [-0.4, -0.2) is 41.7 Å². The number of benzene rings is 2. The Morgan fingerprint density at radius 2 is 1.97 bits per heavy atom. The number of fused-ring (bicyclic) bond motifs is 1. The van der Waals surface area contributed by atoms with Crippen LogP contribution in [0.4, 0.5) is 15.9 Å². The molecule has 1 aliphatic carbocycles. The Morgan fingerprint density at radius 3 is 2.67 bits per heavy atom. The number of carbonyl (C=O) groups is 1. The van der Waals surface area contributed by atoms with E-state index >= 15 is 0 Å². The molecule has 1 saturated carbocycles. The molecule has 8 nitrogen and oxygen atoms in total. The highest BCUT2D eigenvalue weighted by atomic mass is 35.5. The first kappa shape index (κ1) is 23.0. The quantitative estimate of drug-likeness (QED) is 0.476. The second-order valence-electron chi connectivity index (χ2n) is 7.86. The molecule has 3 aromatic rings. The van der Waals surface area contributed by atoms with E-state index in [1.165, 1.54) is 18.5 Å².